The molecular formula is C12H10N2O3. The molecule has 0 unspecified atom stereocenters. The van der Waals surface area contributed by atoms with Crippen LogP contribution in [-0.4, -0.2) is 18.3 Å². The third-order valence-corrected chi connectivity index (χ3v) is 2.40. The fourth-order valence-electron chi connectivity index (χ4n) is 1.56. The molecule has 1 aromatic carbocycles. The van der Waals surface area contributed by atoms with Gasteiger partial charge in [0.15, 0.2) is 5.76 Å². The molecule has 0 atom stereocenters. The van der Waals surface area contributed by atoms with Gasteiger partial charge < -0.3 is 9.26 Å². The average Bonchev–Trinajstić information content (AvgIpc) is 2.72. The minimum absolute atomic E-state index is 0.237. The summed E-state index contributed by atoms with van der Waals surface area (Å²) >= 11 is 0. The summed E-state index contributed by atoms with van der Waals surface area (Å²) < 4.78 is 10.4. The molecule has 0 aliphatic carbocycles. The molecule has 2 rings (SSSR count). The van der Waals surface area contributed by atoms with E-state index in [9.17, 15) is 4.79 Å². The summed E-state index contributed by atoms with van der Waals surface area (Å²) in [7, 11) is 1.58. The van der Waals surface area contributed by atoms with Gasteiger partial charge in [-0.15, -0.1) is 4.99 Å². The molecule has 0 amide bonds. The van der Waals surface area contributed by atoms with E-state index in [1.54, 1.807) is 14.0 Å². The Morgan fingerprint density at radius 3 is 2.88 bits per heavy atom. The van der Waals surface area contributed by atoms with Gasteiger partial charge in [-0.3, -0.25) is 0 Å². The normalized spacial score (nSPS) is 9.76. The Hall–Kier alpha value is -2.39. The lowest BCUT2D eigenvalue weighted by molar-refractivity contribution is 0.406. The summed E-state index contributed by atoms with van der Waals surface area (Å²) in [5.41, 5.74) is 1.45. The third-order valence-electron chi connectivity index (χ3n) is 2.40. The highest BCUT2D eigenvalue weighted by Crippen LogP contribution is 2.35. The number of nitrogens with zero attached hydrogens (tertiary/aromatic N) is 2. The van der Waals surface area contributed by atoms with E-state index in [-0.39, 0.29) is 5.82 Å². The highest BCUT2D eigenvalue weighted by atomic mass is 16.5. The van der Waals surface area contributed by atoms with E-state index in [0.717, 1.165) is 5.56 Å². The Kier molecular flexibility index (Phi) is 3.03. The zero-order chi connectivity index (χ0) is 12.3. The van der Waals surface area contributed by atoms with Crippen molar-refractivity contribution in [3.8, 4) is 17.1 Å². The molecule has 0 saturated carbocycles. The fourth-order valence-corrected chi connectivity index (χ4v) is 1.56. The van der Waals surface area contributed by atoms with Crippen molar-refractivity contribution in [2.45, 2.75) is 6.92 Å². The van der Waals surface area contributed by atoms with Crippen molar-refractivity contribution in [1.82, 2.24) is 5.16 Å². The van der Waals surface area contributed by atoms with Gasteiger partial charge in [0.2, 0.25) is 11.9 Å². The van der Waals surface area contributed by atoms with Crippen molar-refractivity contribution in [2.75, 3.05) is 7.11 Å². The zero-order valence-electron chi connectivity index (χ0n) is 9.43. The molecule has 1 aromatic heterocycles. The second-order valence-electron chi connectivity index (χ2n) is 3.36. The number of rotatable bonds is 3. The van der Waals surface area contributed by atoms with Gasteiger partial charge in [-0.25, -0.2) is 4.79 Å². The predicted octanol–water partition coefficient (Wildman–Crippen LogP) is 2.63. The molecule has 0 saturated heterocycles. The zero-order valence-corrected chi connectivity index (χ0v) is 9.43. The molecule has 0 aliphatic heterocycles. The van der Waals surface area contributed by atoms with Crippen LogP contribution in [0.25, 0.3) is 11.3 Å². The number of ether oxygens (including phenoxy) is 1. The summed E-state index contributed by atoms with van der Waals surface area (Å²) in [5, 5.41) is 3.70. The van der Waals surface area contributed by atoms with Crippen molar-refractivity contribution in [3.05, 3.63) is 29.8 Å². The first kappa shape index (κ1) is 11.1. The molecule has 0 spiro atoms. The highest BCUT2D eigenvalue weighted by Gasteiger charge is 2.16. The van der Waals surface area contributed by atoms with Crippen molar-refractivity contribution < 1.29 is 14.1 Å². The molecule has 17 heavy (non-hydrogen) atoms. The van der Waals surface area contributed by atoms with E-state index < -0.39 is 0 Å². The number of carbonyl (C=O) groups excluding carboxylic acids is 1. The Balaban J connectivity index is 2.57. The van der Waals surface area contributed by atoms with Crippen LogP contribution >= 0.6 is 0 Å². The first-order valence-electron chi connectivity index (χ1n) is 4.95. The van der Waals surface area contributed by atoms with Crippen molar-refractivity contribution >= 4 is 11.9 Å². The maximum atomic E-state index is 10.2. The quantitative estimate of drug-likeness (QED) is 0.600. The standard InChI is InChI=1S/C12H10N2O3/c1-8-11(17-14-12(8)13-7-15)9-5-3-4-6-10(9)16-2/h3-6H,1-2H3. The number of aliphatic imine (C=N–C) groups is 1. The Bertz CT molecular complexity index is 583. The summed E-state index contributed by atoms with van der Waals surface area (Å²) in [6.45, 7) is 1.77. The summed E-state index contributed by atoms with van der Waals surface area (Å²) in [5.74, 6) is 1.45. The fraction of sp³-hybridized carbons (Fsp3) is 0.167. The first-order chi connectivity index (χ1) is 8.27. The SMILES string of the molecule is COc1ccccc1-c1onc(N=C=O)c1C. The molecule has 0 aliphatic rings. The first-order valence-corrected chi connectivity index (χ1v) is 4.95. The van der Waals surface area contributed by atoms with Crippen LogP contribution in [0.4, 0.5) is 5.82 Å². The maximum absolute atomic E-state index is 10.2. The summed E-state index contributed by atoms with van der Waals surface area (Å²) in [4.78, 5) is 13.7. The molecule has 5 heteroatoms. The van der Waals surface area contributed by atoms with Gasteiger partial charge in [0.1, 0.15) is 5.75 Å². The molecule has 1 heterocycles. The summed E-state index contributed by atoms with van der Waals surface area (Å²) in [6, 6.07) is 7.39. The highest BCUT2D eigenvalue weighted by molar-refractivity contribution is 5.71. The molecule has 2 aromatic rings. The number of methoxy groups -OCH3 is 1. The molecule has 0 bridgehead atoms. The van der Waals surface area contributed by atoms with Gasteiger partial charge in [-0.1, -0.05) is 17.3 Å². The van der Waals surface area contributed by atoms with Crippen LogP contribution in [-0.2, 0) is 4.79 Å². The number of aromatic nitrogens is 1. The molecular weight excluding hydrogens is 220 g/mol. The van der Waals surface area contributed by atoms with Gasteiger partial charge in [-0.05, 0) is 19.1 Å². The van der Waals surface area contributed by atoms with Crippen LogP contribution in [0, 0.1) is 6.92 Å². The van der Waals surface area contributed by atoms with E-state index in [1.807, 2.05) is 24.3 Å². The minimum atomic E-state index is 0.237. The van der Waals surface area contributed by atoms with Gasteiger partial charge >= 0.3 is 0 Å². The summed E-state index contributed by atoms with van der Waals surface area (Å²) in [6.07, 6.45) is 1.44. The lowest BCUT2D eigenvalue weighted by Gasteiger charge is -2.04. The van der Waals surface area contributed by atoms with Crippen LogP contribution in [0.5, 0.6) is 5.75 Å². The van der Waals surface area contributed by atoms with E-state index >= 15 is 0 Å². The smallest absolute Gasteiger partial charge is 0.242 e. The number of benzene rings is 1. The van der Waals surface area contributed by atoms with Crippen LogP contribution < -0.4 is 4.74 Å². The van der Waals surface area contributed by atoms with E-state index in [4.69, 9.17) is 9.26 Å². The van der Waals surface area contributed by atoms with Gasteiger partial charge in [0, 0.05) is 5.56 Å². The number of hydrogen-bond acceptors (Lipinski definition) is 5. The predicted molar refractivity (Wildman–Crippen MR) is 61.0 cm³/mol. The van der Waals surface area contributed by atoms with Crippen molar-refractivity contribution in [1.29, 1.82) is 0 Å². The van der Waals surface area contributed by atoms with E-state index in [2.05, 4.69) is 10.1 Å². The topological polar surface area (TPSA) is 64.7 Å². The molecule has 86 valence electrons. The van der Waals surface area contributed by atoms with E-state index in [0.29, 0.717) is 17.1 Å². The monoisotopic (exact) mass is 230 g/mol. The molecule has 0 fully saturated rings. The van der Waals surface area contributed by atoms with Crippen LogP contribution in [0.15, 0.2) is 33.8 Å². The van der Waals surface area contributed by atoms with Gasteiger partial charge in [0.05, 0.1) is 12.7 Å². The largest absolute Gasteiger partial charge is 0.496 e. The van der Waals surface area contributed by atoms with Crippen molar-refractivity contribution in [3.63, 3.8) is 0 Å². The van der Waals surface area contributed by atoms with Crippen molar-refractivity contribution in [2.24, 2.45) is 4.99 Å². The van der Waals surface area contributed by atoms with Crippen LogP contribution in [0.2, 0.25) is 0 Å². The average molecular weight is 230 g/mol. The lowest BCUT2D eigenvalue weighted by Crippen LogP contribution is -1.87. The number of isocyanates is 1. The molecule has 5 nitrogen and oxygen atoms in total. The molecule has 0 N–H and O–H groups in total. The second kappa shape index (κ2) is 4.63. The van der Waals surface area contributed by atoms with Crippen LogP contribution in [0.3, 0.4) is 0 Å². The second-order valence-corrected chi connectivity index (χ2v) is 3.36. The van der Waals surface area contributed by atoms with Gasteiger partial charge in [-0.2, -0.15) is 0 Å². The Morgan fingerprint density at radius 1 is 1.41 bits per heavy atom. The van der Waals surface area contributed by atoms with Crippen LogP contribution in [0.1, 0.15) is 5.56 Å². The maximum Gasteiger partial charge on any atom is 0.242 e. The minimum Gasteiger partial charge on any atom is -0.496 e. The third kappa shape index (κ3) is 1.96. The lowest BCUT2D eigenvalue weighted by atomic mass is 10.1. The Labute approximate surface area is 97.7 Å². The Morgan fingerprint density at radius 2 is 2.18 bits per heavy atom. The number of hydrogen-bond donors (Lipinski definition) is 0. The van der Waals surface area contributed by atoms with Gasteiger partial charge in [0.25, 0.3) is 0 Å². The number of para-hydroxylation sites is 1. The van der Waals surface area contributed by atoms with E-state index in [1.165, 1.54) is 6.08 Å². The molecule has 0 radical (unpaired) electrons.